The number of aryl methyl sites for hydroxylation is 2. The van der Waals surface area contributed by atoms with E-state index in [1.165, 1.54) is 11.1 Å². The number of aromatic nitrogens is 4. The summed E-state index contributed by atoms with van der Waals surface area (Å²) in [6.45, 7) is 2.52. The van der Waals surface area contributed by atoms with Crippen LogP contribution in [0.25, 0.3) is 5.78 Å². The highest BCUT2D eigenvalue weighted by Gasteiger charge is 2.21. The van der Waals surface area contributed by atoms with Gasteiger partial charge < -0.3 is 5.32 Å². The lowest BCUT2D eigenvalue weighted by Crippen LogP contribution is -2.30. The van der Waals surface area contributed by atoms with Gasteiger partial charge >= 0.3 is 0 Å². The zero-order valence-electron chi connectivity index (χ0n) is 13.6. The fraction of sp³-hybridized carbons (Fsp3) is 0.333. The van der Waals surface area contributed by atoms with Gasteiger partial charge in [0.25, 0.3) is 11.7 Å². The second kappa shape index (κ2) is 6.03. The number of nitrogens with zero attached hydrogens (tertiary/aromatic N) is 4. The first-order valence-electron chi connectivity index (χ1n) is 8.27. The molecule has 0 bridgehead atoms. The Morgan fingerprint density at radius 1 is 1.33 bits per heavy atom. The maximum absolute atomic E-state index is 12.4. The minimum atomic E-state index is -0.247. The van der Waals surface area contributed by atoms with Crippen LogP contribution in [0, 0.1) is 6.92 Å². The van der Waals surface area contributed by atoms with Crippen molar-refractivity contribution in [2.45, 2.75) is 32.1 Å². The SMILES string of the molecule is Cc1ccnc2nc(C(=O)NCC3CCCc4ccccc43)nn12. The minimum Gasteiger partial charge on any atom is -0.349 e. The predicted octanol–water partition coefficient (Wildman–Crippen LogP) is 2.28. The van der Waals surface area contributed by atoms with Crippen molar-refractivity contribution in [1.29, 1.82) is 0 Å². The second-order valence-electron chi connectivity index (χ2n) is 6.23. The number of nitrogens with one attached hydrogen (secondary N) is 1. The van der Waals surface area contributed by atoms with E-state index in [-0.39, 0.29) is 11.7 Å². The topological polar surface area (TPSA) is 72.2 Å². The Labute approximate surface area is 139 Å². The maximum Gasteiger partial charge on any atom is 0.291 e. The molecule has 2 aromatic heterocycles. The van der Waals surface area contributed by atoms with E-state index in [0.29, 0.717) is 18.2 Å². The molecule has 0 saturated carbocycles. The summed E-state index contributed by atoms with van der Waals surface area (Å²) in [5.41, 5.74) is 3.64. The van der Waals surface area contributed by atoms with E-state index in [9.17, 15) is 4.79 Å². The molecule has 1 atom stereocenters. The normalized spacial score (nSPS) is 16.8. The summed E-state index contributed by atoms with van der Waals surface area (Å²) in [7, 11) is 0. The number of hydrogen-bond acceptors (Lipinski definition) is 4. The Hall–Kier alpha value is -2.76. The molecule has 2 heterocycles. The third-order valence-corrected chi connectivity index (χ3v) is 4.64. The molecule has 0 fully saturated rings. The first-order chi connectivity index (χ1) is 11.7. The third kappa shape index (κ3) is 2.64. The maximum atomic E-state index is 12.4. The number of rotatable bonds is 3. The Kier molecular flexibility index (Phi) is 3.72. The van der Waals surface area contributed by atoms with Gasteiger partial charge in [0.05, 0.1) is 0 Å². The molecule has 24 heavy (non-hydrogen) atoms. The van der Waals surface area contributed by atoms with Gasteiger partial charge in [0.1, 0.15) is 0 Å². The van der Waals surface area contributed by atoms with Crippen molar-refractivity contribution in [3.63, 3.8) is 0 Å². The lowest BCUT2D eigenvalue weighted by Gasteiger charge is -2.25. The molecule has 4 rings (SSSR count). The zero-order chi connectivity index (χ0) is 16.5. The first-order valence-corrected chi connectivity index (χ1v) is 8.27. The molecule has 1 N–H and O–H groups in total. The van der Waals surface area contributed by atoms with Crippen molar-refractivity contribution in [3.8, 4) is 0 Å². The Balaban J connectivity index is 1.50. The van der Waals surface area contributed by atoms with Crippen molar-refractivity contribution < 1.29 is 4.79 Å². The van der Waals surface area contributed by atoms with E-state index in [1.54, 1.807) is 10.7 Å². The van der Waals surface area contributed by atoms with Crippen molar-refractivity contribution in [3.05, 3.63) is 59.2 Å². The molecule has 0 spiro atoms. The van der Waals surface area contributed by atoms with E-state index >= 15 is 0 Å². The highest BCUT2D eigenvalue weighted by molar-refractivity contribution is 5.90. The van der Waals surface area contributed by atoms with Crippen LogP contribution in [0.5, 0.6) is 0 Å². The third-order valence-electron chi connectivity index (χ3n) is 4.64. The van der Waals surface area contributed by atoms with Gasteiger partial charge in [0.2, 0.25) is 5.82 Å². The number of fused-ring (bicyclic) bond motifs is 2. The number of carbonyl (C=O) groups is 1. The predicted molar refractivity (Wildman–Crippen MR) is 90.0 cm³/mol. The van der Waals surface area contributed by atoms with Gasteiger partial charge in [-0.2, -0.15) is 4.98 Å². The van der Waals surface area contributed by atoms with Crippen LogP contribution in [0.2, 0.25) is 0 Å². The van der Waals surface area contributed by atoms with E-state index in [1.807, 2.05) is 13.0 Å². The summed E-state index contributed by atoms with van der Waals surface area (Å²) >= 11 is 0. The van der Waals surface area contributed by atoms with Crippen molar-refractivity contribution in [1.82, 2.24) is 24.9 Å². The van der Waals surface area contributed by atoms with Crippen LogP contribution in [0.1, 0.15) is 46.2 Å². The van der Waals surface area contributed by atoms with Crippen LogP contribution in [-0.4, -0.2) is 32.0 Å². The summed E-state index contributed by atoms with van der Waals surface area (Å²) in [5, 5.41) is 7.24. The van der Waals surface area contributed by atoms with Gasteiger partial charge in [-0.1, -0.05) is 24.3 Å². The van der Waals surface area contributed by atoms with E-state index in [4.69, 9.17) is 0 Å². The van der Waals surface area contributed by atoms with Gasteiger partial charge in [-0.3, -0.25) is 4.79 Å². The van der Waals surface area contributed by atoms with E-state index in [0.717, 1.165) is 25.0 Å². The molecule has 122 valence electrons. The standard InChI is InChI=1S/C18H19N5O/c1-12-9-10-19-18-21-16(22-23(12)18)17(24)20-11-14-7-4-6-13-5-2-3-8-15(13)14/h2-3,5,8-10,14H,4,6-7,11H2,1H3,(H,20,24). The number of carbonyl (C=O) groups excluding carboxylic acids is 1. The molecule has 0 saturated heterocycles. The fourth-order valence-electron chi connectivity index (χ4n) is 3.36. The molecule has 3 aromatic rings. The monoisotopic (exact) mass is 321 g/mol. The van der Waals surface area contributed by atoms with E-state index in [2.05, 4.69) is 44.6 Å². The summed E-state index contributed by atoms with van der Waals surface area (Å²) in [6, 6.07) is 10.3. The smallest absolute Gasteiger partial charge is 0.291 e. The van der Waals surface area contributed by atoms with Gasteiger partial charge in [-0.05, 0) is 43.4 Å². The quantitative estimate of drug-likeness (QED) is 0.803. The Morgan fingerprint density at radius 2 is 2.21 bits per heavy atom. The van der Waals surface area contributed by atoms with Gasteiger partial charge in [-0.25, -0.2) is 9.50 Å². The molecule has 1 aromatic carbocycles. The molecule has 1 aliphatic rings. The minimum absolute atomic E-state index is 0.167. The Bertz CT molecular complexity index is 901. The molecule has 0 radical (unpaired) electrons. The van der Waals surface area contributed by atoms with Gasteiger partial charge in [0, 0.05) is 24.4 Å². The highest BCUT2D eigenvalue weighted by Crippen LogP contribution is 2.30. The largest absolute Gasteiger partial charge is 0.349 e. The van der Waals surface area contributed by atoms with Crippen LogP contribution in [0.15, 0.2) is 36.5 Å². The van der Waals surface area contributed by atoms with Crippen molar-refractivity contribution >= 4 is 11.7 Å². The first kappa shape index (κ1) is 14.8. The average molecular weight is 321 g/mol. The average Bonchev–Trinajstić information content (AvgIpc) is 3.05. The van der Waals surface area contributed by atoms with E-state index < -0.39 is 0 Å². The second-order valence-corrected chi connectivity index (χ2v) is 6.23. The Morgan fingerprint density at radius 3 is 3.08 bits per heavy atom. The number of amides is 1. The fourth-order valence-corrected chi connectivity index (χ4v) is 3.36. The van der Waals surface area contributed by atoms with Gasteiger partial charge in [-0.15, -0.1) is 5.10 Å². The van der Waals surface area contributed by atoms with Crippen LogP contribution in [0.3, 0.4) is 0 Å². The van der Waals surface area contributed by atoms with Crippen LogP contribution < -0.4 is 5.32 Å². The van der Waals surface area contributed by atoms with Crippen LogP contribution >= 0.6 is 0 Å². The van der Waals surface area contributed by atoms with Gasteiger partial charge in [0.15, 0.2) is 0 Å². The molecule has 1 amide bonds. The zero-order valence-corrected chi connectivity index (χ0v) is 13.6. The summed E-state index contributed by atoms with van der Waals surface area (Å²) in [6.07, 6.45) is 5.05. The molecule has 6 nitrogen and oxygen atoms in total. The summed E-state index contributed by atoms with van der Waals surface area (Å²) < 4.78 is 1.59. The lowest BCUT2D eigenvalue weighted by atomic mass is 9.83. The molecule has 0 aliphatic heterocycles. The highest BCUT2D eigenvalue weighted by atomic mass is 16.2. The summed E-state index contributed by atoms with van der Waals surface area (Å²) in [5.74, 6) is 0.725. The lowest BCUT2D eigenvalue weighted by molar-refractivity contribution is 0.0940. The van der Waals surface area contributed by atoms with Crippen molar-refractivity contribution in [2.24, 2.45) is 0 Å². The molecule has 1 aliphatic carbocycles. The van der Waals surface area contributed by atoms with Crippen LogP contribution in [-0.2, 0) is 6.42 Å². The molecular formula is C18H19N5O. The number of hydrogen-bond donors (Lipinski definition) is 1. The van der Waals surface area contributed by atoms with Crippen molar-refractivity contribution in [2.75, 3.05) is 6.54 Å². The van der Waals surface area contributed by atoms with Crippen LogP contribution in [0.4, 0.5) is 0 Å². The number of benzene rings is 1. The molecule has 1 unspecified atom stereocenters. The molecule has 6 heteroatoms. The summed E-state index contributed by atoms with van der Waals surface area (Å²) in [4.78, 5) is 20.7. The molecular weight excluding hydrogens is 302 g/mol.